The van der Waals surface area contributed by atoms with Crippen LogP contribution in [0.3, 0.4) is 0 Å². The number of rotatable bonds is 6. The summed E-state index contributed by atoms with van der Waals surface area (Å²) < 4.78 is 40.5. The number of hydrogen-bond donors (Lipinski definition) is 3. The molecule has 0 fully saturated rings. The molecular weight excluding hydrogens is 385 g/mol. The fourth-order valence-electron chi connectivity index (χ4n) is 2.32. The first-order chi connectivity index (χ1) is 12.8. The van der Waals surface area contributed by atoms with Gasteiger partial charge < -0.3 is 5.32 Å². The molecule has 6 nitrogen and oxygen atoms in total. The zero-order valence-electron chi connectivity index (χ0n) is 14.5. The van der Waals surface area contributed by atoms with E-state index in [4.69, 9.17) is 16.8 Å². The van der Waals surface area contributed by atoms with Gasteiger partial charge >= 0.3 is 6.18 Å². The van der Waals surface area contributed by atoms with E-state index in [1.54, 1.807) is 0 Å². The molecule has 3 N–H and O–H groups in total. The highest BCUT2D eigenvalue weighted by Crippen LogP contribution is 2.33. The number of halogens is 4. The van der Waals surface area contributed by atoms with E-state index < -0.39 is 17.6 Å². The molecule has 0 unspecified atom stereocenters. The fourth-order valence-corrected chi connectivity index (χ4v) is 2.57. The summed E-state index contributed by atoms with van der Waals surface area (Å²) in [6, 6.07) is 0.784. The predicted octanol–water partition coefficient (Wildman–Crippen LogP) is 3.86. The Morgan fingerprint density at radius 3 is 2.78 bits per heavy atom. The molecule has 0 aliphatic carbocycles. The van der Waals surface area contributed by atoms with Crippen LogP contribution in [0.25, 0.3) is 5.65 Å². The second-order valence-electron chi connectivity index (χ2n) is 5.72. The van der Waals surface area contributed by atoms with E-state index in [0.29, 0.717) is 6.42 Å². The number of unbranched alkanes of at least 4 members (excludes halogenated alkanes) is 3. The van der Waals surface area contributed by atoms with E-state index in [-0.39, 0.29) is 28.7 Å². The highest BCUT2D eigenvalue weighted by molar-refractivity contribution is 6.33. The molecule has 1 amide bonds. The van der Waals surface area contributed by atoms with Crippen molar-refractivity contribution in [3.8, 4) is 11.8 Å². The van der Waals surface area contributed by atoms with Crippen LogP contribution in [0.4, 0.5) is 19.0 Å². The van der Waals surface area contributed by atoms with Crippen molar-refractivity contribution in [2.75, 3.05) is 11.9 Å². The number of nitrogens with zero attached hydrogens (tertiary/aromatic N) is 2. The molecule has 27 heavy (non-hydrogen) atoms. The molecule has 0 bridgehead atoms. The summed E-state index contributed by atoms with van der Waals surface area (Å²) >= 11 is 5.97. The number of alkyl halides is 3. The molecule has 2 heterocycles. The largest absolute Gasteiger partial charge is 0.417 e. The van der Waals surface area contributed by atoms with Crippen molar-refractivity contribution in [3.05, 3.63) is 28.5 Å². The molecule has 0 aliphatic heterocycles. The Labute approximate surface area is 158 Å². The van der Waals surface area contributed by atoms with Gasteiger partial charge in [0.2, 0.25) is 0 Å². The number of anilines is 1. The van der Waals surface area contributed by atoms with Crippen LogP contribution in [0.2, 0.25) is 5.02 Å². The van der Waals surface area contributed by atoms with Crippen molar-refractivity contribution in [2.24, 2.45) is 0 Å². The third-order valence-electron chi connectivity index (χ3n) is 3.66. The average Bonchev–Trinajstić information content (AvgIpc) is 2.97. The number of hydroxylamine groups is 1. The maximum atomic E-state index is 13.1. The molecular formula is C17H18ClF3N4O2. The van der Waals surface area contributed by atoms with Crippen LogP contribution in [0.15, 0.2) is 12.3 Å². The van der Waals surface area contributed by atoms with E-state index in [1.165, 1.54) is 5.48 Å². The summed E-state index contributed by atoms with van der Waals surface area (Å²) in [5.41, 5.74) is 0.741. The molecule has 146 valence electrons. The maximum absolute atomic E-state index is 13.1. The van der Waals surface area contributed by atoms with Crippen LogP contribution in [-0.4, -0.2) is 27.0 Å². The van der Waals surface area contributed by atoms with Crippen molar-refractivity contribution < 1.29 is 23.2 Å². The molecule has 0 spiro atoms. The van der Waals surface area contributed by atoms with Crippen LogP contribution in [0, 0.1) is 11.8 Å². The van der Waals surface area contributed by atoms with E-state index in [1.807, 2.05) is 6.92 Å². The minimum Gasteiger partial charge on any atom is -0.359 e. The summed E-state index contributed by atoms with van der Waals surface area (Å²) in [6.07, 6.45) is -0.271. The van der Waals surface area contributed by atoms with Crippen molar-refractivity contribution >= 4 is 29.0 Å². The summed E-state index contributed by atoms with van der Waals surface area (Å²) in [5, 5.41) is 11.0. The van der Waals surface area contributed by atoms with Crippen LogP contribution in [0.1, 0.15) is 43.9 Å². The van der Waals surface area contributed by atoms with Crippen LogP contribution < -0.4 is 10.8 Å². The highest BCUT2D eigenvalue weighted by Gasteiger charge is 2.32. The van der Waals surface area contributed by atoms with E-state index in [2.05, 4.69) is 22.1 Å². The summed E-state index contributed by atoms with van der Waals surface area (Å²) in [6.45, 7) is 1.71. The molecule has 0 saturated carbocycles. The van der Waals surface area contributed by atoms with E-state index in [0.717, 1.165) is 35.9 Å². The van der Waals surface area contributed by atoms with Gasteiger partial charge in [-0.3, -0.25) is 14.4 Å². The molecule has 0 atom stereocenters. The molecule has 2 aromatic rings. The van der Waals surface area contributed by atoms with E-state index in [9.17, 15) is 18.0 Å². The topological polar surface area (TPSA) is 78.7 Å². The number of amides is 1. The number of carbonyl (C=O) groups is 1. The first-order valence-corrected chi connectivity index (χ1v) is 8.60. The van der Waals surface area contributed by atoms with Crippen LogP contribution >= 0.6 is 11.6 Å². The first kappa shape index (κ1) is 20.9. The molecule has 2 rings (SSSR count). The van der Waals surface area contributed by atoms with Crippen molar-refractivity contribution in [1.82, 2.24) is 14.9 Å². The fraction of sp³-hybridized carbons (Fsp3) is 0.412. The highest BCUT2D eigenvalue weighted by atomic mass is 35.5. The van der Waals surface area contributed by atoms with Gasteiger partial charge in [-0.25, -0.2) is 10.5 Å². The van der Waals surface area contributed by atoms with Gasteiger partial charge in [-0.05, 0) is 18.4 Å². The minimum absolute atomic E-state index is 0.0782. The van der Waals surface area contributed by atoms with Crippen molar-refractivity contribution in [3.63, 3.8) is 0 Å². The minimum atomic E-state index is -4.59. The number of fused-ring (bicyclic) bond motifs is 1. The van der Waals surface area contributed by atoms with Crippen LogP contribution in [-0.2, 0) is 11.0 Å². The van der Waals surface area contributed by atoms with Gasteiger partial charge in [0, 0.05) is 12.6 Å². The maximum Gasteiger partial charge on any atom is 0.417 e. The molecule has 0 saturated heterocycles. The van der Waals surface area contributed by atoms with E-state index >= 15 is 0 Å². The Morgan fingerprint density at radius 1 is 1.41 bits per heavy atom. The zero-order valence-corrected chi connectivity index (χ0v) is 15.2. The summed E-state index contributed by atoms with van der Waals surface area (Å²) in [5.74, 6) is 5.08. The first-order valence-electron chi connectivity index (χ1n) is 8.22. The lowest BCUT2D eigenvalue weighted by Gasteiger charge is -2.08. The quantitative estimate of drug-likeness (QED) is 0.297. The lowest BCUT2D eigenvalue weighted by molar-refractivity contribution is -0.137. The van der Waals surface area contributed by atoms with Crippen molar-refractivity contribution in [2.45, 2.75) is 38.8 Å². The van der Waals surface area contributed by atoms with Gasteiger partial charge in [0.25, 0.3) is 5.91 Å². The van der Waals surface area contributed by atoms with Crippen LogP contribution in [0.5, 0.6) is 0 Å². The average molecular weight is 403 g/mol. The van der Waals surface area contributed by atoms with Gasteiger partial charge in [-0.15, -0.1) is 0 Å². The summed E-state index contributed by atoms with van der Waals surface area (Å²) in [7, 11) is 0. The van der Waals surface area contributed by atoms with Gasteiger partial charge in [-0.2, -0.15) is 13.2 Å². The van der Waals surface area contributed by atoms with Gasteiger partial charge in [0.1, 0.15) is 5.69 Å². The Balaban J connectivity index is 2.50. The molecule has 0 radical (unpaired) electrons. The standard InChI is InChI=1S/C17H18ClF3N4O2/c1-2-3-4-5-6-7-13-15(22-9-14(26)24-27)23-16-12(18)8-11(10-25(13)16)17(19,20)21/h8,10,22,27H,2-5,9H2,1H3,(H,24,26). The lowest BCUT2D eigenvalue weighted by Crippen LogP contribution is -2.27. The third kappa shape index (κ3) is 5.28. The Bertz CT molecular complexity index is 884. The number of nitrogens with one attached hydrogen (secondary N) is 2. The smallest absolute Gasteiger partial charge is 0.359 e. The number of imidazole rings is 1. The summed E-state index contributed by atoms with van der Waals surface area (Å²) in [4.78, 5) is 15.4. The molecule has 2 aromatic heterocycles. The molecule has 0 aromatic carbocycles. The van der Waals surface area contributed by atoms with Gasteiger partial charge in [-0.1, -0.05) is 37.3 Å². The number of carbonyl (C=O) groups excluding carboxylic acids is 1. The Hall–Kier alpha value is -2.44. The van der Waals surface area contributed by atoms with Gasteiger partial charge in [0.05, 0.1) is 17.1 Å². The Morgan fingerprint density at radius 2 is 2.15 bits per heavy atom. The second kappa shape index (κ2) is 8.97. The Kier molecular flexibility index (Phi) is 6.93. The SMILES string of the molecule is CCCCCC#Cc1c(NCC(=O)NO)nc2c(Cl)cc(C(F)(F)F)cn12. The second-order valence-corrected chi connectivity index (χ2v) is 6.13. The molecule has 0 aliphatic rings. The van der Waals surface area contributed by atoms with Gasteiger partial charge in [0.15, 0.2) is 11.5 Å². The predicted molar refractivity (Wildman–Crippen MR) is 94.6 cm³/mol. The number of hydrogen-bond acceptors (Lipinski definition) is 4. The number of pyridine rings is 1. The third-order valence-corrected chi connectivity index (χ3v) is 3.93. The normalized spacial score (nSPS) is 11.2. The monoisotopic (exact) mass is 402 g/mol. The van der Waals surface area contributed by atoms with Crippen molar-refractivity contribution in [1.29, 1.82) is 0 Å². The number of aromatic nitrogens is 2. The molecule has 10 heteroatoms. The zero-order chi connectivity index (χ0) is 20.0. The lowest BCUT2D eigenvalue weighted by atomic mass is 10.2.